The molecule has 0 saturated carbocycles. The van der Waals surface area contributed by atoms with Crippen LogP contribution in [0.3, 0.4) is 0 Å². The van der Waals surface area contributed by atoms with Crippen LogP contribution in [0.4, 0.5) is 5.69 Å². The highest BCUT2D eigenvalue weighted by Crippen LogP contribution is 2.25. The molecule has 1 N–H and O–H groups in total. The Morgan fingerprint density at radius 3 is 2.26 bits per heavy atom. The second-order valence-electron chi connectivity index (χ2n) is 8.99. The van der Waals surface area contributed by atoms with E-state index in [1.54, 1.807) is 19.1 Å². The van der Waals surface area contributed by atoms with E-state index in [0.29, 0.717) is 5.69 Å². The molecule has 0 aliphatic rings. The fourth-order valence-corrected chi connectivity index (χ4v) is 4.56. The van der Waals surface area contributed by atoms with E-state index >= 15 is 0 Å². The average molecular weight is 488 g/mol. The van der Waals surface area contributed by atoms with Gasteiger partial charge < -0.3 is 10.2 Å². The minimum Gasteiger partial charge on any atom is -0.352 e. The van der Waals surface area contributed by atoms with Crippen LogP contribution in [-0.2, 0) is 26.2 Å². The van der Waals surface area contributed by atoms with Crippen LogP contribution in [0, 0.1) is 20.8 Å². The number of nitrogens with zero attached hydrogens (tertiary/aromatic N) is 2. The molecule has 0 unspecified atom stereocenters. The Morgan fingerprint density at radius 2 is 1.68 bits per heavy atom. The Kier molecular flexibility index (Phi) is 9.27. The number of carbonyl (C=O) groups is 2. The molecule has 2 aromatic rings. The van der Waals surface area contributed by atoms with Gasteiger partial charge in [0.05, 0.1) is 11.9 Å². The van der Waals surface area contributed by atoms with E-state index < -0.39 is 28.5 Å². The van der Waals surface area contributed by atoms with Gasteiger partial charge >= 0.3 is 0 Å². The molecule has 0 spiro atoms. The molecule has 0 bridgehead atoms. The molecule has 186 valence electrons. The van der Waals surface area contributed by atoms with Gasteiger partial charge in [-0.05, 0) is 63.8 Å². The summed E-state index contributed by atoms with van der Waals surface area (Å²) in [5, 5.41) is 2.93. The summed E-state index contributed by atoms with van der Waals surface area (Å²) in [4.78, 5) is 28.0. The van der Waals surface area contributed by atoms with Crippen molar-refractivity contribution in [2.75, 3.05) is 17.1 Å². The number of hydrogen-bond donors (Lipinski definition) is 1. The highest BCUT2D eigenvalue weighted by atomic mass is 32.2. The molecule has 2 aromatic carbocycles. The second kappa shape index (κ2) is 11.5. The summed E-state index contributed by atoms with van der Waals surface area (Å²) in [5.41, 5.74) is 4.08. The Morgan fingerprint density at radius 1 is 1.03 bits per heavy atom. The Hall–Kier alpha value is -2.87. The lowest BCUT2D eigenvalue weighted by molar-refractivity contribution is -0.139. The normalized spacial score (nSPS) is 13.1. The molecule has 0 radical (unpaired) electrons. The summed E-state index contributed by atoms with van der Waals surface area (Å²) in [6.07, 6.45) is 1.85. The predicted molar refractivity (Wildman–Crippen MR) is 137 cm³/mol. The van der Waals surface area contributed by atoms with Crippen LogP contribution >= 0.6 is 0 Å². The van der Waals surface area contributed by atoms with Crippen molar-refractivity contribution in [1.29, 1.82) is 0 Å². The summed E-state index contributed by atoms with van der Waals surface area (Å²) in [6.45, 7) is 11.0. The molecule has 0 aliphatic heterocycles. The lowest BCUT2D eigenvalue weighted by atomic mass is 10.1. The van der Waals surface area contributed by atoms with Crippen molar-refractivity contribution in [3.05, 3.63) is 64.7 Å². The highest BCUT2D eigenvalue weighted by Gasteiger charge is 2.31. The van der Waals surface area contributed by atoms with E-state index in [1.165, 1.54) is 4.90 Å². The molecule has 8 heteroatoms. The van der Waals surface area contributed by atoms with Crippen LogP contribution in [0.25, 0.3) is 0 Å². The average Bonchev–Trinajstić information content (AvgIpc) is 2.76. The van der Waals surface area contributed by atoms with Crippen molar-refractivity contribution in [1.82, 2.24) is 10.2 Å². The van der Waals surface area contributed by atoms with Gasteiger partial charge in [-0.25, -0.2) is 8.42 Å². The van der Waals surface area contributed by atoms with E-state index in [1.807, 2.05) is 65.0 Å². The van der Waals surface area contributed by atoms with Crippen LogP contribution in [0.2, 0.25) is 0 Å². The molecule has 0 aliphatic carbocycles. The van der Waals surface area contributed by atoms with Gasteiger partial charge in [-0.3, -0.25) is 13.9 Å². The van der Waals surface area contributed by atoms with Gasteiger partial charge in [0.15, 0.2) is 0 Å². The van der Waals surface area contributed by atoms with Crippen LogP contribution in [0.5, 0.6) is 0 Å². The van der Waals surface area contributed by atoms with Crippen molar-refractivity contribution in [3.8, 4) is 0 Å². The first-order valence-electron chi connectivity index (χ1n) is 11.5. The Bertz CT molecular complexity index is 1130. The zero-order valence-electron chi connectivity index (χ0n) is 21.3. The topological polar surface area (TPSA) is 86.8 Å². The third-order valence-corrected chi connectivity index (χ3v) is 7.25. The van der Waals surface area contributed by atoms with E-state index in [2.05, 4.69) is 5.32 Å². The number of aryl methyl sites for hydroxylation is 2. The first kappa shape index (κ1) is 27.4. The Labute approximate surface area is 204 Å². The van der Waals surface area contributed by atoms with Gasteiger partial charge in [0.25, 0.3) is 0 Å². The largest absolute Gasteiger partial charge is 0.352 e. The molecule has 0 heterocycles. The molecule has 0 aromatic heterocycles. The monoisotopic (exact) mass is 487 g/mol. The number of benzene rings is 2. The standard InChI is InChI=1S/C26H37N3O4S/c1-8-20(4)27-26(31)22(6)28(16-23-13-9-11-18(2)15-23)25(30)17-29(34(7,32)33)24-14-10-12-19(3)21(24)5/h9-15,20,22H,8,16-17H2,1-7H3,(H,27,31)/t20-,22+/m1/s1. The minimum absolute atomic E-state index is 0.0340. The molecule has 0 fully saturated rings. The van der Waals surface area contributed by atoms with Gasteiger partial charge in [-0.15, -0.1) is 0 Å². The first-order valence-corrected chi connectivity index (χ1v) is 13.4. The SMILES string of the molecule is CC[C@@H](C)NC(=O)[C@H](C)N(Cc1cccc(C)c1)C(=O)CN(c1cccc(C)c1C)S(C)(=O)=O. The second-order valence-corrected chi connectivity index (χ2v) is 10.9. The van der Waals surface area contributed by atoms with Gasteiger partial charge in [0.2, 0.25) is 21.8 Å². The maximum Gasteiger partial charge on any atom is 0.244 e. The number of hydrogen-bond acceptors (Lipinski definition) is 4. The van der Waals surface area contributed by atoms with E-state index in [4.69, 9.17) is 0 Å². The van der Waals surface area contributed by atoms with Gasteiger partial charge in [0, 0.05) is 12.6 Å². The highest BCUT2D eigenvalue weighted by molar-refractivity contribution is 7.92. The Balaban J connectivity index is 2.43. The van der Waals surface area contributed by atoms with Crippen LogP contribution in [-0.4, -0.2) is 50.0 Å². The van der Waals surface area contributed by atoms with Crippen LogP contribution in [0.15, 0.2) is 42.5 Å². The van der Waals surface area contributed by atoms with Gasteiger partial charge in [0.1, 0.15) is 12.6 Å². The predicted octanol–water partition coefficient (Wildman–Crippen LogP) is 3.71. The maximum absolute atomic E-state index is 13.6. The smallest absolute Gasteiger partial charge is 0.244 e. The minimum atomic E-state index is -3.75. The molecule has 2 atom stereocenters. The van der Waals surface area contributed by atoms with Crippen molar-refractivity contribution in [2.24, 2.45) is 0 Å². The summed E-state index contributed by atoms with van der Waals surface area (Å²) >= 11 is 0. The fourth-order valence-electron chi connectivity index (χ4n) is 3.66. The first-order chi connectivity index (χ1) is 15.8. The summed E-state index contributed by atoms with van der Waals surface area (Å²) in [5.74, 6) is -0.715. The molecule has 2 amide bonds. The zero-order chi connectivity index (χ0) is 25.6. The van der Waals surface area contributed by atoms with Crippen molar-refractivity contribution >= 4 is 27.5 Å². The molecular weight excluding hydrogens is 450 g/mol. The molecule has 7 nitrogen and oxygen atoms in total. The molecule has 0 saturated heterocycles. The third kappa shape index (κ3) is 7.06. The third-order valence-electron chi connectivity index (χ3n) is 6.13. The van der Waals surface area contributed by atoms with E-state index in [9.17, 15) is 18.0 Å². The summed E-state index contributed by atoms with van der Waals surface area (Å²) in [7, 11) is -3.75. The number of carbonyl (C=O) groups excluding carboxylic acids is 2. The number of amides is 2. The number of rotatable bonds is 10. The molecule has 34 heavy (non-hydrogen) atoms. The van der Waals surface area contributed by atoms with Crippen molar-refractivity contribution in [3.63, 3.8) is 0 Å². The van der Waals surface area contributed by atoms with Gasteiger partial charge in [-0.2, -0.15) is 0 Å². The maximum atomic E-state index is 13.6. The van der Waals surface area contributed by atoms with Crippen LogP contribution < -0.4 is 9.62 Å². The van der Waals surface area contributed by atoms with Crippen molar-refractivity contribution < 1.29 is 18.0 Å². The number of sulfonamides is 1. The zero-order valence-corrected chi connectivity index (χ0v) is 22.1. The lowest BCUT2D eigenvalue weighted by Gasteiger charge is -2.32. The van der Waals surface area contributed by atoms with Gasteiger partial charge in [-0.1, -0.05) is 48.9 Å². The van der Waals surface area contributed by atoms with E-state index in [-0.39, 0.29) is 18.5 Å². The lowest BCUT2D eigenvalue weighted by Crippen LogP contribution is -2.52. The quantitative estimate of drug-likeness (QED) is 0.554. The fraction of sp³-hybridized carbons (Fsp3) is 0.462. The van der Waals surface area contributed by atoms with Crippen LogP contribution in [0.1, 0.15) is 49.4 Å². The number of anilines is 1. The number of nitrogens with one attached hydrogen (secondary N) is 1. The summed E-state index contributed by atoms with van der Waals surface area (Å²) in [6, 6.07) is 12.3. The van der Waals surface area contributed by atoms with E-state index in [0.717, 1.165) is 39.2 Å². The summed E-state index contributed by atoms with van der Waals surface area (Å²) < 4.78 is 26.6. The van der Waals surface area contributed by atoms with Crippen molar-refractivity contribution in [2.45, 2.75) is 66.6 Å². The molecular formula is C26H37N3O4S. The molecule has 2 rings (SSSR count).